The number of rotatable bonds is 5. The Morgan fingerprint density at radius 1 is 1.62 bits per heavy atom. The first kappa shape index (κ1) is 12.9. The molecule has 0 fully saturated rings. The molecular weight excluding hydrogens is 224 g/mol. The van der Waals surface area contributed by atoms with Crippen LogP contribution in [0.25, 0.3) is 0 Å². The average molecular weight is 242 g/mol. The third-order valence-electron chi connectivity index (χ3n) is 2.17. The molecule has 16 heavy (non-hydrogen) atoms. The van der Waals surface area contributed by atoms with Crippen LogP contribution in [0, 0.1) is 4.77 Å². The molecule has 0 saturated heterocycles. The quantitative estimate of drug-likeness (QED) is 0.768. The Labute approximate surface area is 100 Å². The molecule has 1 rings (SSSR count). The van der Waals surface area contributed by atoms with Gasteiger partial charge in [-0.25, -0.2) is 0 Å². The summed E-state index contributed by atoms with van der Waals surface area (Å²) in [5.74, 6) is 0.933. The van der Waals surface area contributed by atoms with E-state index in [-0.39, 0.29) is 11.9 Å². The molecule has 5 nitrogen and oxygen atoms in total. The zero-order valence-corrected chi connectivity index (χ0v) is 10.7. The molecule has 0 aromatic carbocycles. The fraction of sp³-hybridized carbons (Fsp3) is 0.700. The minimum absolute atomic E-state index is 0.0418. The van der Waals surface area contributed by atoms with Gasteiger partial charge in [0, 0.05) is 25.4 Å². The number of H-pyrrole nitrogens is 1. The highest BCUT2D eigenvalue weighted by Crippen LogP contribution is 2.00. The molecule has 1 aromatic rings. The molecule has 1 amide bonds. The highest BCUT2D eigenvalue weighted by Gasteiger charge is 2.07. The monoisotopic (exact) mass is 242 g/mol. The van der Waals surface area contributed by atoms with E-state index in [2.05, 4.69) is 15.5 Å². The van der Waals surface area contributed by atoms with E-state index in [9.17, 15) is 4.79 Å². The van der Waals surface area contributed by atoms with Crippen LogP contribution < -0.4 is 5.32 Å². The standard InChI is InChI=1S/C10H18N4OS/c1-4-8-12-13-10(16)14(8)6-5-9(15)11-7(2)3/h7H,4-6H2,1-3H3,(H,11,15)(H,13,16). The van der Waals surface area contributed by atoms with Crippen LogP contribution in [0.1, 0.15) is 33.0 Å². The van der Waals surface area contributed by atoms with Gasteiger partial charge in [0.25, 0.3) is 0 Å². The summed E-state index contributed by atoms with van der Waals surface area (Å²) < 4.78 is 2.45. The molecule has 0 aliphatic heterocycles. The third-order valence-corrected chi connectivity index (χ3v) is 2.48. The Bertz CT molecular complexity index is 407. The van der Waals surface area contributed by atoms with Gasteiger partial charge in [0.15, 0.2) is 4.77 Å². The Balaban J connectivity index is 2.57. The molecule has 0 aliphatic rings. The molecular formula is C10H18N4OS. The van der Waals surface area contributed by atoms with Gasteiger partial charge < -0.3 is 9.88 Å². The molecule has 6 heteroatoms. The second-order valence-electron chi connectivity index (χ2n) is 3.92. The SMILES string of the molecule is CCc1n[nH]c(=S)n1CCC(=O)NC(C)C. The van der Waals surface area contributed by atoms with E-state index in [1.54, 1.807) is 0 Å². The van der Waals surface area contributed by atoms with Gasteiger partial charge >= 0.3 is 0 Å². The highest BCUT2D eigenvalue weighted by atomic mass is 32.1. The number of carbonyl (C=O) groups excluding carboxylic acids is 1. The van der Waals surface area contributed by atoms with Gasteiger partial charge in [0.2, 0.25) is 5.91 Å². The van der Waals surface area contributed by atoms with Crippen molar-refractivity contribution < 1.29 is 4.79 Å². The topological polar surface area (TPSA) is 62.7 Å². The minimum atomic E-state index is 0.0418. The number of carbonyl (C=O) groups is 1. The lowest BCUT2D eigenvalue weighted by atomic mass is 10.3. The Hall–Kier alpha value is -1.17. The minimum Gasteiger partial charge on any atom is -0.354 e. The van der Waals surface area contributed by atoms with Crippen LogP contribution >= 0.6 is 12.2 Å². The molecule has 0 saturated carbocycles. The van der Waals surface area contributed by atoms with Crippen molar-refractivity contribution in [3.8, 4) is 0 Å². The van der Waals surface area contributed by atoms with E-state index < -0.39 is 0 Å². The van der Waals surface area contributed by atoms with Crippen molar-refractivity contribution in [2.24, 2.45) is 0 Å². The van der Waals surface area contributed by atoms with Crippen LogP contribution in [0.5, 0.6) is 0 Å². The smallest absolute Gasteiger partial charge is 0.221 e. The Kier molecular flexibility index (Phi) is 4.67. The summed E-state index contributed by atoms with van der Waals surface area (Å²) in [6.07, 6.45) is 1.23. The van der Waals surface area contributed by atoms with Crippen molar-refractivity contribution >= 4 is 18.1 Å². The van der Waals surface area contributed by atoms with Crippen molar-refractivity contribution in [2.75, 3.05) is 0 Å². The van der Waals surface area contributed by atoms with E-state index in [1.807, 2.05) is 25.3 Å². The van der Waals surface area contributed by atoms with Crippen LogP contribution in [0.4, 0.5) is 0 Å². The van der Waals surface area contributed by atoms with Gasteiger partial charge in [-0.1, -0.05) is 6.92 Å². The fourth-order valence-corrected chi connectivity index (χ4v) is 1.70. The molecule has 0 spiro atoms. The first-order valence-electron chi connectivity index (χ1n) is 5.48. The molecule has 90 valence electrons. The van der Waals surface area contributed by atoms with Gasteiger partial charge in [0.05, 0.1) is 0 Å². The van der Waals surface area contributed by atoms with Crippen molar-refractivity contribution in [3.63, 3.8) is 0 Å². The van der Waals surface area contributed by atoms with Crippen LogP contribution in [0.15, 0.2) is 0 Å². The second-order valence-corrected chi connectivity index (χ2v) is 4.31. The Morgan fingerprint density at radius 2 is 2.31 bits per heavy atom. The number of hydrogen-bond donors (Lipinski definition) is 2. The largest absolute Gasteiger partial charge is 0.354 e. The van der Waals surface area contributed by atoms with Gasteiger partial charge in [-0.15, -0.1) is 0 Å². The summed E-state index contributed by atoms with van der Waals surface area (Å²) >= 11 is 5.09. The van der Waals surface area contributed by atoms with Gasteiger partial charge in [-0.2, -0.15) is 5.10 Å². The third kappa shape index (κ3) is 3.44. The first-order chi connectivity index (χ1) is 7.54. The van der Waals surface area contributed by atoms with Gasteiger partial charge in [0.1, 0.15) is 5.82 Å². The summed E-state index contributed by atoms with van der Waals surface area (Å²) in [5.41, 5.74) is 0. The number of nitrogens with zero attached hydrogens (tertiary/aromatic N) is 2. The molecule has 1 heterocycles. The summed E-state index contributed by atoms with van der Waals surface area (Å²) in [4.78, 5) is 11.5. The van der Waals surface area contributed by atoms with Crippen LogP contribution in [-0.2, 0) is 17.8 Å². The van der Waals surface area contributed by atoms with E-state index in [4.69, 9.17) is 12.2 Å². The number of aromatic nitrogens is 3. The van der Waals surface area contributed by atoms with Crippen LogP contribution in [0.3, 0.4) is 0 Å². The van der Waals surface area contributed by atoms with E-state index in [0.29, 0.717) is 17.7 Å². The van der Waals surface area contributed by atoms with E-state index >= 15 is 0 Å². The molecule has 1 aromatic heterocycles. The zero-order valence-electron chi connectivity index (χ0n) is 9.91. The maximum atomic E-state index is 11.5. The lowest BCUT2D eigenvalue weighted by molar-refractivity contribution is -0.121. The fourth-order valence-electron chi connectivity index (χ4n) is 1.46. The molecule has 0 radical (unpaired) electrons. The van der Waals surface area contributed by atoms with E-state index in [0.717, 1.165) is 12.2 Å². The predicted molar refractivity (Wildman–Crippen MR) is 64.7 cm³/mol. The zero-order chi connectivity index (χ0) is 12.1. The summed E-state index contributed by atoms with van der Waals surface area (Å²) in [7, 11) is 0. The molecule has 2 N–H and O–H groups in total. The van der Waals surface area contributed by atoms with Crippen molar-refractivity contribution in [2.45, 2.75) is 46.2 Å². The highest BCUT2D eigenvalue weighted by molar-refractivity contribution is 7.71. The summed E-state index contributed by atoms with van der Waals surface area (Å²) in [5, 5.41) is 9.67. The maximum absolute atomic E-state index is 11.5. The van der Waals surface area contributed by atoms with Crippen molar-refractivity contribution in [1.29, 1.82) is 0 Å². The normalized spacial score (nSPS) is 10.8. The predicted octanol–water partition coefficient (Wildman–Crippen LogP) is 1.42. The number of aryl methyl sites for hydroxylation is 1. The molecule has 0 unspecified atom stereocenters. The van der Waals surface area contributed by atoms with Gasteiger partial charge in [-0.05, 0) is 26.1 Å². The van der Waals surface area contributed by atoms with Crippen molar-refractivity contribution in [1.82, 2.24) is 20.1 Å². The van der Waals surface area contributed by atoms with E-state index in [1.165, 1.54) is 0 Å². The lowest BCUT2D eigenvalue weighted by Crippen LogP contribution is -2.30. The van der Waals surface area contributed by atoms with Crippen LogP contribution in [0.2, 0.25) is 0 Å². The molecule has 0 bridgehead atoms. The maximum Gasteiger partial charge on any atom is 0.221 e. The first-order valence-corrected chi connectivity index (χ1v) is 5.88. The second kappa shape index (κ2) is 5.79. The Morgan fingerprint density at radius 3 is 2.88 bits per heavy atom. The molecule has 0 aliphatic carbocycles. The van der Waals surface area contributed by atoms with Crippen molar-refractivity contribution in [3.05, 3.63) is 10.6 Å². The number of hydrogen-bond acceptors (Lipinski definition) is 3. The lowest BCUT2D eigenvalue weighted by Gasteiger charge is -2.09. The molecule has 0 atom stereocenters. The summed E-state index contributed by atoms with van der Waals surface area (Å²) in [6.45, 7) is 6.48. The van der Waals surface area contributed by atoms with Crippen LogP contribution in [-0.4, -0.2) is 26.7 Å². The number of nitrogens with one attached hydrogen (secondary N) is 2. The number of aromatic amines is 1. The summed E-state index contributed by atoms with van der Waals surface area (Å²) in [6, 6.07) is 0.176. The number of amides is 1. The van der Waals surface area contributed by atoms with Gasteiger partial charge in [-0.3, -0.25) is 9.89 Å². The average Bonchev–Trinajstić information content (AvgIpc) is 2.55.